The van der Waals surface area contributed by atoms with E-state index in [1.54, 1.807) is 31.4 Å². The summed E-state index contributed by atoms with van der Waals surface area (Å²) in [7, 11) is -3.20. The van der Waals surface area contributed by atoms with Gasteiger partial charge in [-0.15, -0.1) is 0 Å². The molecule has 0 spiro atoms. The first-order valence-electron chi connectivity index (χ1n) is 21.1. The molecule has 7 aromatic rings. The lowest BCUT2D eigenvalue weighted by molar-refractivity contribution is 0.0954. The minimum Gasteiger partial charge on any atom is -0.505 e. The van der Waals surface area contributed by atoms with Crippen LogP contribution in [0, 0.1) is 23.3 Å². The molecule has 71 heavy (non-hydrogen) atoms. The zero-order valence-corrected chi connectivity index (χ0v) is 41.2. The lowest BCUT2D eigenvalue weighted by Gasteiger charge is -2.24. The normalized spacial score (nSPS) is 13.1. The van der Waals surface area contributed by atoms with Gasteiger partial charge in [0.25, 0.3) is 11.8 Å². The number of phenolic OH excluding ortho intramolecular Hbond substituents is 1. The molecule has 0 saturated heterocycles. The molecule has 15 nitrogen and oxygen atoms in total. The van der Waals surface area contributed by atoms with Crippen molar-refractivity contribution in [3.05, 3.63) is 156 Å². The number of carbonyl (C=O) groups is 2. The van der Waals surface area contributed by atoms with Crippen molar-refractivity contribution in [1.29, 1.82) is 0 Å². The number of nitrogens with zero attached hydrogens (tertiary/aromatic N) is 4. The first kappa shape index (κ1) is 50.4. The van der Waals surface area contributed by atoms with Crippen LogP contribution in [0.5, 0.6) is 17.2 Å². The molecule has 23 heteroatoms. The van der Waals surface area contributed by atoms with E-state index >= 15 is 0 Å². The van der Waals surface area contributed by atoms with E-state index in [0.717, 1.165) is 26.7 Å². The van der Waals surface area contributed by atoms with Crippen molar-refractivity contribution >= 4 is 88.2 Å². The standard InChI is InChI=1S/C28H24ClF2N3O5S.C20H16ClF2N3O4S/c1-34(40(3,36)37)26-19-9-16(8-17-10-21(29)23(31)11-22(17)30)12-32-25(19)27(24-20(26)13-33-28(24)35)39-14-15-4-6-18(38-2)7-5-15;1-26(31(2,29)30)18-11-4-9(3-10-5-13(21)15(23)6-14(10)22)7-24-17(11)19(27)16-12(18)8-25-20(16)28/h4-7,9-12H,8,13-14H2,1-3H3,(H,33,35);4-7,27H,3,8H2,1-2H3,(H,25,28). The molecule has 2 aliphatic heterocycles. The molecule has 3 N–H and O–H groups in total. The molecule has 0 bridgehead atoms. The molecule has 2 amide bonds. The number of rotatable bonds is 12. The summed E-state index contributed by atoms with van der Waals surface area (Å²) in [6, 6.07) is 14.2. The Balaban J connectivity index is 0.000000197. The van der Waals surface area contributed by atoms with E-state index in [4.69, 9.17) is 32.7 Å². The molecule has 2 aliphatic rings. The number of sulfonamides is 2. The Hall–Kier alpha value is -6.94. The first-order valence-corrected chi connectivity index (χ1v) is 25.5. The Morgan fingerprint density at radius 3 is 1.59 bits per heavy atom. The summed E-state index contributed by atoms with van der Waals surface area (Å²) in [6.45, 7) is 0.201. The number of aromatic nitrogens is 2. The van der Waals surface area contributed by atoms with Crippen LogP contribution in [0.15, 0.2) is 73.1 Å². The molecule has 9 rings (SSSR count). The van der Waals surface area contributed by atoms with Gasteiger partial charge < -0.3 is 25.2 Å². The Kier molecular flexibility index (Phi) is 13.7. The number of carbonyl (C=O) groups excluding carboxylic acids is 2. The number of hydrogen-bond donors (Lipinski definition) is 3. The van der Waals surface area contributed by atoms with Crippen molar-refractivity contribution in [2.24, 2.45) is 0 Å². The number of fused-ring (bicyclic) bond motifs is 4. The van der Waals surface area contributed by atoms with Gasteiger partial charge in [0.1, 0.15) is 46.7 Å². The predicted molar refractivity (Wildman–Crippen MR) is 260 cm³/mol. The highest BCUT2D eigenvalue weighted by molar-refractivity contribution is 7.92. The smallest absolute Gasteiger partial charge is 0.255 e. The lowest BCUT2D eigenvalue weighted by atomic mass is 9.98. The largest absolute Gasteiger partial charge is 0.505 e. The summed E-state index contributed by atoms with van der Waals surface area (Å²) < 4.78 is 119. The zero-order valence-electron chi connectivity index (χ0n) is 38.1. The topological polar surface area (TPSA) is 197 Å². The van der Waals surface area contributed by atoms with Gasteiger partial charge >= 0.3 is 0 Å². The Morgan fingerprint density at radius 2 is 1.11 bits per heavy atom. The average molecular weight is 1060 g/mol. The molecule has 4 heterocycles. The molecular weight excluding hydrogens is 1020 g/mol. The number of halogens is 6. The number of nitrogens with one attached hydrogen (secondary N) is 2. The van der Waals surface area contributed by atoms with Crippen LogP contribution in [-0.4, -0.2) is 77.4 Å². The summed E-state index contributed by atoms with van der Waals surface area (Å²) in [5, 5.41) is 16.2. The van der Waals surface area contributed by atoms with Crippen LogP contribution < -0.4 is 28.7 Å². The lowest BCUT2D eigenvalue weighted by Crippen LogP contribution is -2.26. The second kappa shape index (κ2) is 19.3. The number of methoxy groups -OCH3 is 1. The first-order chi connectivity index (χ1) is 33.5. The van der Waals surface area contributed by atoms with Crippen molar-refractivity contribution in [2.75, 3.05) is 42.3 Å². The van der Waals surface area contributed by atoms with Crippen molar-refractivity contribution in [1.82, 2.24) is 20.6 Å². The molecule has 0 atom stereocenters. The van der Waals surface area contributed by atoms with Crippen LogP contribution in [-0.2, 0) is 52.6 Å². The fraction of sp³-hybridized carbons (Fsp3) is 0.208. The second-order valence-corrected chi connectivity index (χ2v) is 21.4. The van der Waals surface area contributed by atoms with E-state index in [1.807, 2.05) is 12.1 Å². The van der Waals surface area contributed by atoms with Gasteiger partial charge in [-0.2, -0.15) is 0 Å². The summed E-state index contributed by atoms with van der Waals surface area (Å²) in [5.74, 6) is -3.76. The number of phenols is 1. The van der Waals surface area contributed by atoms with Gasteiger partial charge in [-0.3, -0.25) is 28.2 Å². The highest BCUT2D eigenvalue weighted by atomic mass is 35.5. The summed E-state index contributed by atoms with van der Waals surface area (Å²) in [6.07, 6.45) is 4.90. The van der Waals surface area contributed by atoms with Crippen molar-refractivity contribution in [2.45, 2.75) is 32.5 Å². The third kappa shape index (κ3) is 9.91. The third-order valence-corrected chi connectivity index (χ3v) is 14.9. The van der Waals surface area contributed by atoms with E-state index in [-0.39, 0.29) is 104 Å². The van der Waals surface area contributed by atoms with Crippen LogP contribution in [0.1, 0.15) is 59.7 Å². The Labute approximate surface area is 414 Å². The Bertz CT molecular complexity index is 3610. The van der Waals surface area contributed by atoms with Gasteiger partial charge in [-0.25, -0.2) is 34.4 Å². The number of benzene rings is 5. The van der Waals surface area contributed by atoms with Crippen LogP contribution in [0.3, 0.4) is 0 Å². The molecule has 0 radical (unpaired) electrons. The van der Waals surface area contributed by atoms with E-state index in [0.29, 0.717) is 45.5 Å². The maximum absolute atomic E-state index is 14.5. The number of ether oxygens (including phenoxy) is 2. The summed E-state index contributed by atoms with van der Waals surface area (Å²) >= 11 is 11.6. The number of pyridine rings is 2. The minimum absolute atomic E-state index is 0.00705. The van der Waals surface area contributed by atoms with Crippen LogP contribution in [0.2, 0.25) is 10.0 Å². The fourth-order valence-electron chi connectivity index (χ4n) is 8.27. The molecule has 5 aromatic carbocycles. The molecule has 2 aromatic heterocycles. The average Bonchev–Trinajstić information content (AvgIpc) is 3.90. The van der Waals surface area contributed by atoms with E-state index in [9.17, 15) is 49.1 Å². The number of hydrogen-bond acceptors (Lipinski definition) is 11. The van der Waals surface area contributed by atoms with Crippen LogP contribution in [0.4, 0.5) is 28.9 Å². The van der Waals surface area contributed by atoms with Crippen molar-refractivity contribution in [3.63, 3.8) is 0 Å². The molecular formula is C48H40Cl2F4N6O9S2. The van der Waals surface area contributed by atoms with E-state index < -0.39 is 55.1 Å². The maximum Gasteiger partial charge on any atom is 0.255 e. The minimum atomic E-state index is -3.76. The second-order valence-electron chi connectivity index (χ2n) is 16.6. The maximum atomic E-state index is 14.5. The Morgan fingerprint density at radius 1 is 0.662 bits per heavy atom. The highest BCUT2D eigenvalue weighted by Crippen LogP contribution is 2.45. The molecule has 0 saturated carbocycles. The number of amides is 2. The van der Waals surface area contributed by atoms with Gasteiger partial charge in [0.15, 0.2) is 11.5 Å². The van der Waals surface area contributed by atoms with Gasteiger partial charge in [0, 0.05) is 86.5 Å². The number of anilines is 2. The van der Waals surface area contributed by atoms with Gasteiger partial charge in [0.05, 0.1) is 52.2 Å². The molecule has 370 valence electrons. The van der Waals surface area contributed by atoms with Gasteiger partial charge in [0.2, 0.25) is 20.0 Å². The zero-order chi connectivity index (χ0) is 51.4. The van der Waals surface area contributed by atoms with E-state index in [1.165, 1.54) is 38.6 Å². The molecule has 0 unspecified atom stereocenters. The molecule has 0 fully saturated rings. The van der Waals surface area contributed by atoms with Gasteiger partial charge in [-0.05, 0) is 64.2 Å². The van der Waals surface area contributed by atoms with E-state index in [2.05, 4.69) is 20.6 Å². The third-order valence-electron chi connectivity index (χ3n) is 11.9. The quantitative estimate of drug-likeness (QED) is 0.0790. The van der Waals surface area contributed by atoms with Crippen LogP contribution in [0.25, 0.3) is 21.8 Å². The monoisotopic (exact) mass is 1050 g/mol. The number of aromatic hydroxyl groups is 1. The fourth-order valence-corrected chi connectivity index (χ4v) is 9.72. The highest BCUT2D eigenvalue weighted by Gasteiger charge is 2.35. The van der Waals surface area contributed by atoms with Crippen LogP contribution >= 0.6 is 23.2 Å². The molecule has 0 aliphatic carbocycles. The van der Waals surface area contributed by atoms with Gasteiger partial charge in [-0.1, -0.05) is 35.3 Å². The SMILES string of the molecule is CN(c1c2c(c(O)c3ncc(Cc4cc(Cl)c(F)cc4F)cc13)C(=O)NC2)S(C)(=O)=O.COc1ccc(COc2c3c(c(N(C)S(C)(=O)=O)c4cc(Cc5cc(Cl)c(F)cc5F)cnc24)CNC3=O)cc1. The van der Waals surface area contributed by atoms with Crippen molar-refractivity contribution < 1.29 is 58.6 Å². The summed E-state index contributed by atoms with van der Waals surface area (Å²) in [5.41, 5.74) is 3.69. The van der Waals surface area contributed by atoms with Crippen molar-refractivity contribution in [3.8, 4) is 17.2 Å². The predicted octanol–water partition coefficient (Wildman–Crippen LogP) is 8.09. The summed E-state index contributed by atoms with van der Waals surface area (Å²) in [4.78, 5) is 33.9.